The molecule has 0 saturated carbocycles. The van der Waals surface area contributed by atoms with Crippen molar-refractivity contribution in [3.8, 4) is 0 Å². The van der Waals surface area contributed by atoms with Crippen LogP contribution in [-0.2, 0) is 17.8 Å². The number of aryl methyl sites for hydroxylation is 1. The molecule has 0 fully saturated rings. The number of amides is 1. The predicted octanol–water partition coefficient (Wildman–Crippen LogP) is 3.43. The molecular formula is C16H20N2OS. The van der Waals surface area contributed by atoms with E-state index < -0.39 is 0 Å². The summed E-state index contributed by atoms with van der Waals surface area (Å²) in [4.78, 5) is 13.3. The Kier molecular flexibility index (Phi) is 5.77. The van der Waals surface area contributed by atoms with Crippen LogP contribution in [-0.4, -0.2) is 12.5 Å². The van der Waals surface area contributed by atoms with Crippen molar-refractivity contribution in [2.45, 2.75) is 26.3 Å². The summed E-state index contributed by atoms with van der Waals surface area (Å²) in [5.74, 6) is 0.0716. The predicted molar refractivity (Wildman–Crippen MR) is 85.1 cm³/mol. The number of anilines is 1. The van der Waals surface area contributed by atoms with Crippen molar-refractivity contribution in [2.24, 2.45) is 0 Å². The van der Waals surface area contributed by atoms with Gasteiger partial charge in [0.1, 0.15) is 0 Å². The second kappa shape index (κ2) is 7.82. The van der Waals surface area contributed by atoms with Crippen LogP contribution >= 0.6 is 11.3 Å². The number of nitrogens with one attached hydrogen (secondary N) is 2. The van der Waals surface area contributed by atoms with Gasteiger partial charge < -0.3 is 10.6 Å². The van der Waals surface area contributed by atoms with Crippen molar-refractivity contribution in [1.29, 1.82) is 0 Å². The lowest BCUT2D eigenvalue weighted by molar-refractivity contribution is -0.116. The molecule has 1 heterocycles. The fraction of sp³-hybridized carbons (Fsp3) is 0.312. The lowest BCUT2D eigenvalue weighted by atomic mass is 10.1. The summed E-state index contributed by atoms with van der Waals surface area (Å²) in [6, 6.07) is 12.0. The van der Waals surface area contributed by atoms with Gasteiger partial charge in [0.25, 0.3) is 0 Å². The van der Waals surface area contributed by atoms with E-state index in [4.69, 9.17) is 0 Å². The molecule has 0 bridgehead atoms. The molecule has 1 amide bonds. The van der Waals surface area contributed by atoms with Crippen molar-refractivity contribution in [2.75, 3.05) is 11.9 Å². The number of carbonyl (C=O) groups excluding carboxylic acids is 1. The Morgan fingerprint density at radius 2 is 2.05 bits per heavy atom. The van der Waals surface area contributed by atoms with E-state index in [1.807, 2.05) is 35.7 Å². The third kappa shape index (κ3) is 4.47. The van der Waals surface area contributed by atoms with Crippen LogP contribution in [0.1, 0.15) is 23.8 Å². The molecule has 3 nitrogen and oxygen atoms in total. The monoisotopic (exact) mass is 288 g/mol. The van der Waals surface area contributed by atoms with Gasteiger partial charge in [-0.3, -0.25) is 4.79 Å². The molecule has 0 aliphatic carbocycles. The highest BCUT2D eigenvalue weighted by Crippen LogP contribution is 2.16. The maximum Gasteiger partial charge on any atom is 0.224 e. The molecule has 1 aromatic carbocycles. The Balaban J connectivity index is 1.90. The highest BCUT2D eigenvalue weighted by Gasteiger charge is 2.07. The molecule has 1 aromatic heterocycles. The van der Waals surface area contributed by atoms with E-state index in [1.165, 1.54) is 4.88 Å². The summed E-state index contributed by atoms with van der Waals surface area (Å²) < 4.78 is 0. The number of thiophene rings is 1. The van der Waals surface area contributed by atoms with Crippen LogP contribution < -0.4 is 10.6 Å². The van der Waals surface area contributed by atoms with Crippen molar-refractivity contribution < 1.29 is 4.79 Å². The summed E-state index contributed by atoms with van der Waals surface area (Å²) in [5.41, 5.74) is 2.03. The smallest absolute Gasteiger partial charge is 0.224 e. The van der Waals surface area contributed by atoms with E-state index in [2.05, 4.69) is 23.6 Å². The Morgan fingerprint density at radius 1 is 1.20 bits per heavy atom. The fourth-order valence-corrected chi connectivity index (χ4v) is 2.67. The van der Waals surface area contributed by atoms with E-state index in [0.29, 0.717) is 6.42 Å². The highest BCUT2D eigenvalue weighted by atomic mass is 32.1. The van der Waals surface area contributed by atoms with Gasteiger partial charge in [-0.2, -0.15) is 0 Å². The molecule has 0 atom stereocenters. The van der Waals surface area contributed by atoms with Crippen LogP contribution in [0.25, 0.3) is 0 Å². The van der Waals surface area contributed by atoms with Gasteiger partial charge >= 0.3 is 0 Å². The molecule has 0 aliphatic rings. The van der Waals surface area contributed by atoms with Crippen LogP contribution in [0.4, 0.5) is 5.69 Å². The molecule has 20 heavy (non-hydrogen) atoms. The van der Waals surface area contributed by atoms with Crippen LogP contribution in [0.15, 0.2) is 41.8 Å². The van der Waals surface area contributed by atoms with E-state index in [1.54, 1.807) is 11.3 Å². The molecule has 0 saturated heterocycles. The summed E-state index contributed by atoms with van der Waals surface area (Å²) >= 11 is 1.70. The van der Waals surface area contributed by atoms with E-state index >= 15 is 0 Å². The Bertz CT molecular complexity index is 537. The summed E-state index contributed by atoms with van der Waals surface area (Å²) in [6.07, 6.45) is 1.33. The molecule has 0 aliphatic heterocycles. The molecule has 0 unspecified atom stereocenters. The first-order chi connectivity index (χ1) is 9.79. The SMILES string of the molecule is CCNCc1ccccc1NC(=O)CCc1cccs1. The standard InChI is InChI=1S/C16H20N2OS/c1-2-17-12-13-6-3-4-8-15(13)18-16(19)10-9-14-7-5-11-20-14/h3-8,11,17H,2,9-10,12H2,1H3,(H,18,19). The zero-order chi connectivity index (χ0) is 14.2. The lowest BCUT2D eigenvalue weighted by Gasteiger charge is -2.11. The van der Waals surface area contributed by atoms with Gasteiger partial charge in [0.2, 0.25) is 5.91 Å². The minimum atomic E-state index is 0.0716. The van der Waals surface area contributed by atoms with E-state index in [-0.39, 0.29) is 5.91 Å². The van der Waals surface area contributed by atoms with Gasteiger partial charge in [0.05, 0.1) is 0 Å². The third-order valence-electron chi connectivity index (χ3n) is 3.04. The Hall–Kier alpha value is -1.65. The molecular weight excluding hydrogens is 268 g/mol. The molecule has 0 radical (unpaired) electrons. The topological polar surface area (TPSA) is 41.1 Å². The van der Waals surface area contributed by atoms with Gasteiger partial charge in [-0.15, -0.1) is 11.3 Å². The molecule has 2 rings (SSSR count). The minimum Gasteiger partial charge on any atom is -0.326 e. The second-order valence-corrected chi connectivity index (χ2v) is 5.60. The third-order valence-corrected chi connectivity index (χ3v) is 3.97. The maximum atomic E-state index is 12.0. The average molecular weight is 288 g/mol. The Morgan fingerprint density at radius 3 is 2.80 bits per heavy atom. The van der Waals surface area contributed by atoms with Crippen molar-refractivity contribution >= 4 is 22.9 Å². The Labute approximate surface area is 124 Å². The normalized spacial score (nSPS) is 10.4. The first kappa shape index (κ1) is 14.8. The van der Waals surface area contributed by atoms with Crippen LogP contribution in [0.5, 0.6) is 0 Å². The van der Waals surface area contributed by atoms with E-state index in [0.717, 1.165) is 30.8 Å². The molecule has 4 heteroatoms. The highest BCUT2D eigenvalue weighted by molar-refractivity contribution is 7.09. The van der Waals surface area contributed by atoms with Crippen LogP contribution in [0.2, 0.25) is 0 Å². The number of benzene rings is 1. The number of hydrogen-bond acceptors (Lipinski definition) is 3. The summed E-state index contributed by atoms with van der Waals surface area (Å²) in [6.45, 7) is 3.76. The fourth-order valence-electron chi connectivity index (χ4n) is 1.96. The number of hydrogen-bond donors (Lipinski definition) is 2. The van der Waals surface area contributed by atoms with Crippen molar-refractivity contribution in [1.82, 2.24) is 5.32 Å². The zero-order valence-electron chi connectivity index (χ0n) is 11.7. The molecule has 2 N–H and O–H groups in total. The lowest BCUT2D eigenvalue weighted by Crippen LogP contribution is -2.17. The van der Waals surface area contributed by atoms with Gasteiger partial charge in [0, 0.05) is 23.5 Å². The zero-order valence-corrected chi connectivity index (χ0v) is 12.5. The second-order valence-electron chi connectivity index (χ2n) is 4.57. The van der Waals surface area contributed by atoms with E-state index in [9.17, 15) is 4.79 Å². The van der Waals surface area contributed by atoms with Gasteiger partial charge in [-0.1, -0.05) is 31.2 Å². The molecule has 2 aromatic rings. The van der Waals surface area contributed by atoms with Crippen molar-refractivity contribution in [3.63, 3.8) is 0 Å². The average Bonchev–Trinajstić information content (AvgIpc) is 2.97. The quantitative estimate of drug-likeness (QED) is 0.819. The minimum absolute atomic E-state index is 0.0716. The maximum absolute atomic E-state index is 12.0. The number of carbonyl (C=O) groups is 1. The van der Waals surface area contributed by atoms with Crippen molar-refractivity contribution in [3.05, 3.63) is 52.2 Å². The summed E-state index contributed by atoms with van der Waals surface area (Å²) in [7, 11) is 0. The number of rotatable bonds is 7. The first-order valence-corrected chi connectivity index (χ1v) is 7.78. The molecule has 0 spiro atoms. The molecule has 106 valence electrons. The van der Waals surface area contributed by atoms with Gasteiger partial charge in [0.15, 0.2) is 0 Å². The van der Waals surface area contributed by atoms with Gasteiger partial charge in [-0.25, -0.2) is 0 Å². The van der Waals surface area contributed by atoms with Crippen LogP contribution in [0, 0.1) is 0 Å². The van der Waals surface area contributed by atoms with Gasteiger partial charge in [-0.05, 0) is 36.0 Å². The number of para-hydroxylation sites is 1. The largest absolute Gasteiger partial charge is 0.326 e. The van der Waals surface area contributed by atoms with Crippen LogP contribution in [0.3, 0.4) is 0 Å². The first-order valence-electron chi connectivity index (χ1n) is 6.90. The summed E-state index contributed by atoms with van der Waals surface area (Å²) in [5, 5.41) is 8.33.